The molecule has 2 N–H and O–H groups in total. The lowest BCUT2D eigenvalue weighted by molar-refractivity contribution is -0.147. The van der Waals surface area contributed by atoms with E-state index in [4.69, 9.17) is 9.84 Å². The first-order valence-electron chi connectivity index (χ1n) is 5.83. The maximum atomic E-state index is 11.1. The van der Waals surface area contributed by atoms with Crippen molar-refractivity contribution >= 4 is 28.3 Å². The van der Waals surface area contributed by atoms with E-state index in [1.54, 1.807) is 5.38 Å². The molecule has 0 aliphatic heterocycles. The number of aromatic nitrogens is 1. The van der Waals surface area contributed by atoms with Gasteiger partial charge in [-0.2, -0.15) is 0 Å². The molecule has 104 valence electrons. The zero-order valence-electron chi connectivity index (χ0n) is 10.6. The fourth-order valence-corrected chi connectivity index (χ4v) is 2.27. The van der Waals surface area contributed by atoms with Gasteiger partial charge in [0.2, 0.25) is 0 Å². The molecule has 0 unspecified atom stereocenters. The highest BCUT2D eigenvalue weighted by atomic mass is 32.1. The summed E-state index contributed by atoms with van der Waals surface area (Å²) >= 11 is 1.15. The van der Waals surface area contributed by atoms with Crippen LogP contribution in [0.1, 0.15) is 6.92 Å². The maximum absolute atomic E-state index is 11.1. The molecule has 0 aliphatic carbocycles. The van der Waals surface area contributed by atoms with Gasteiger partial charge in [0.05, 0.1) is 12.3 Å². The molecular weight excluding hydrogens is 280 g/mol. The molecule has 0 spiro atoms. The number of thiazole rings is 1. The summed E-state index contributed by atoms with van der Waals surface area (Å²) in [4.78, 5) is 25.7. The molecule has 1 aromatic heterocycles. The summed E-state index contributed by atoms with van der Waals surface area (Å²) in [5.41, 5.74) is 1.42. The highest BCUT2D eigenvalue weighted by molar-refractivity contribution is 7.14. The quantitative estimate of drug-likeness (QED) is 0.844. The Hall–Kier alpha value is -2.41. The van der Waals surface area contributed by atoms with Crippen molar-refractivity contribution in [3.63, 3.8) is 0 Å². The minimum atomic E-state index is -1.54. The third-order valence-electron chi connectivity index (χ3n) is 2.38. The first kappa shape index (κ1) is 14.0. The second-order valence-electron chi connectivity index (χ2n) is 3.73. The van der Waals surface area contributed by atoms with Gasteiger partial charge in [0.15, 0.2) is 5.13 Å². The van der Waals surface area contributed by atoms with E-state index >= 15 is 0 Å². The number of anilines is 1. The van der Waals surface area contributed by atoms with E-state index < -0.39 is 11.9 Å². The average Bonchev–Trinajstić information content (AvgIpc) is 2.88. The minimum absolute atomic E-state index is 0.235. The monoisotopic (exact) mass is 292 g/mol. The highest BCUT2D eigenvalue weighted by Gasteiger charge is 2.15. The summed E-state index contributed by atoms with van der Waals surface area (Å²) in [5.74, 6) is -1.96. The van der Waals surface area contributed by atoms with Gasteiger partial charge in [-0.15, -0.1) is 11.3 Å². The maximum Gasteiger partial charge on any atom is 0.394 e. The Morgan fingerprint density at radius 2 is 2.15 bits per heavy atom. The smallest absolute Gasteiger partial charge is 0.394 e. The SMILES string of the molecule is CCOc1ccccc1-c1csc(NC(=O)C(=O)O)n1. The molecule has 0 fully saturated rings. The van der Waals surface area contributed by atoms with Crippen molar-refractivity contribution in [2.24, 2.45) is 0 Å². The van der Waals surface area contributed by atoms with Gasteiger partial charge in [0.1, 0.15) is 5.75 Å². The molecule has 6 nitrogen and oxygen atoms in total. The predicted molar refractivity (Wildman–Crippen MR) is 75.0 cm³/mol. The molecule has 1 aromatic carbocycles. The van der Waals surface area contributed by atoms with Crippen LogP contribution in [0.15, 0.2) is 29.6 Å². The van der Waals surface area contributed by atoms with Crippen molar-refractivity contribution in [2.45, 2.75) is 6.92 Å². The molecular formula is C13H12N2O4S. The number of ether oxygens (including phenoxy) is 1. The van der Waals surface area contributed by atoms with E-state index in [1.165, 1.54) is 0 Å². The number of hydrogen-bond acceptors (Lipinski definition) is 5. The Morgan fingerprint density at radius 3 is 2.85 bits per heavy atom. The lowest BCUT2D eigenvalue weighted by Gasteiger charge is -2.07. The van der Waals surface area contributed by atoms with Crippen molar-refractivity contribution in [3.8, 4) is 17.0 Å². The number of carbonyl (C=O) groups is 2. The van der Waals surface area contributed by atoms with E-state index in [0.29, 0.717) is 18.1 Å². The topological polar surface area (TPSA) is 88.5 Å². The average molecular weight is 292 g/mol. The Balaban J connectivity index is 2.25. The fraction of sp³-hybridized carbons (Fsp3) is 0.154. The summed E-state index contributed by atoms with van der Waals surface area (Å²) in [6.45, 7) is 2.42. The van der Waals surface area contributed by atoms with Crippen molar-refractivity contribution in [1.29, 1.82) is 0 Å². The van der Waals surface area contributed by atoms with E-state index in [-0.39, 0.29) is 5.13 Å². The Bertz CT molecular complexity index is 639. The number of amides is 1. The van der Waals surface area contributed by atoms with Crippen LogP contribution >= 0.6 is 11.3 Å². The number of nitrogens with one attached hydrogen (secondary N) is 1. The molecule has 0 atom stereocenters. The number of aliphatic carboxylic acids is 1. The number of benzene rings is 1. The first-order valence-corrected chi connectivity index (χ1v) is 6.71. The van der Waals surface area contributed by atoms with Gasteiger partial charge >= 0.3 is 11.9 Å². The van der Waals surface area contributed by atoms with E-state index in [2.05, 4.69) is 10.3 Å². The zero-order valence-corrected chi connectivity index (χ0v) is 11.4. The van der Waals surface area contributed by atoms with Crippen molar-refractivity contribution in [1.82, 2.24) is 4.98 Å². The largest absolute Gasteiger partial charge is 0.493 e. The summed E-state index contributed by atoms with van der Waals surface area (Å²) in [7, 11) is 0. The molecule has 2 rings (SSSR count). The van der Waals surface area contributed by atoms with Crippen LogP contribution in [-0.2, 0) is 9.59 Å². The van der Waals surface area contributed by atoms with Crippen LogP contribution < -0.4 is 10.1 Å². The highest BCUT2D eigenvalue weighted by Crippen LogP contribution is 2.32. The predicted octanol–water partition coefficient (Wildman–Crippen LogP) is 2.23. The van der Waals surface area contributed by atoms with Crippen molar-refractivity contribution in [2.75, 3.05) is 11.9 Å². The molecule has 0 saturated carbocycles. The normalized spacial score (nSPS) is 10.1. The molecule has 1 heterocycles. The van der Waals surface area contributed by atoms with Crippen molar-refractivity contribution < 1.29 is 19.4 Å². The zero-order chi connectivity index (χ0) is 14.5. The molecule has 0 saturated heterocycles. The van der Waals surface area contributed by atoms with E-state index in [0.717, 1.165) is 16.9 Å². The van der Waals surface area contributed by atoms with Crippen LogP contribution in [0, 0.1) is 0 Å². The number of carboxylic acid groups (broad SMARTS) is 1. The molecule has 1 amide bonds. The number of carbonyl (C=O) groups excluding carboxylic acids is 1. The molecule has 20 heavy (non-hydrogen) atoms. The standard InChI is InChI=1S/C13H12N2O4S/c1-2-19-10-6-4-3-5-8(10)9-7-20-13(14-9)15-11(16)12(17)18/h3-7H,2H2,1H3,(H,17,18)(H,14,15,16). The second kappa shape index (κ2) is 6.16. The second-order valence-corrected chi connectivity index (χ2v) is 4.58. The Labute approximate surface area is 119 Å². The fourth-order valence-electron chi connectivity index (χ4n) is 1.57. The number of hydrogen-bond donors (Lipinski definition) is 2. The van der Waals surface area contributed by atoms with Crippen LogP contribution in [0.25, 0.3) is 11.3 Å². The van der Waals surface area contributed by atoms with Crippen LogP contribution in [0.3, 0.4) is 0 Å². The third kappa shape index (κ3) is 3.12. The Morgan fingerprint density at radius 1 is 1.40 bits per heavy atom. The summed E-state index contributed by atoms with van der Waals surface area (Å²) < 4.78 is 5.50. The van der Waals surface area contributed by atoms with Gasteiger partial charge in [-0.3, -0.25) is 10.1 Å². The number of para-hydroxylation sites is 1. The third-order valence-corrected chi connectivity index (χ3v) is 3.14. The van der Waals surface area contributed by atoms with Gasteiger partial charge in [-0.05, 0) is 19.1 Å². The molecule has 0 radical (unpaired) electrons. The van der Waals surface area contributed by atoms with Crippen LogP contribution in [0.4, 0.5) is 5.13 Å². The number of carboxylic acids is 1. The van der Waals surface area contributed by atoms with Gasteiger partial charge in [-0.1, -0.05) is 12.1 Å². The van der Waals surface area contributed by atoms with Crippen molar-refractivity contribution in [3.05, 3.63) is 29.6 Å². The van der Waals surface area contributed by atoms with E-state index in [9.17, 15) is 9.59 Å². The lowest BCUT2D eigenvalue weighted by atomic mass is 10.1. The lowest BCUT2D eigenvalue weighted by Crippen LogP contribution is -2.21. The number of nitrogens with zero attached hydrogens (tertiary/aromatic N) is 1. The molecule has 0 aliphatic rings. The number of rotatable bonds is 4. The molecule has 2 aromatic rings. The van der Waals surface area contributed by atoms with Crippen LogP contribution in [-0.4, -0.2) is 28.6 Å². The Kier molecular flexibility index (Phi) is 4.31. The molecule has 0 bridgehead atoms. The van der Waals surface area contributed by atoms with Gasteiger partial charge < -0.3 is 9.84 Å². The van der Waals surface area contributed by atoms with Gasteiger partial charge in [0.25, 0.3) is 0 Å². The van der Waals surface area contributed by atoms with Crippen LogP contribution in [0.2, 0.25) is 0 Å². The summed E-state index contributed by atoms with van der Waals surface area (Å²) in [5, 5.41) is 12.7. The van der Waals surface area contributed by atoms with E-state index in [1.807, 2.05) is 31.2 Å². The first-order chi connectivity index (χ1) is 9.61. The molecule has 7 heteroatoms. The minimum Gasteiger partial charge on any atom is -0.493 e. The van der Waals surface area contributed by atoms with Crippen LogP contribution in [0.5, 0.6) is 5.75 Å². The van der Waals surface area contributed by atoms with Gasteiger partial charge in [0, 0.05) is 10.9 Å². The summed E-state index contributed by atoms with van der Waals surface area (Å²) in [6.07, 6.45) is 0. The van der Waals surface area contributed by atoms with Gasteiger partial charge in [-0.25, -0.2) is 9.78 Å². The summed E-state index contributed by atoms with van der Waals surface area (Å²) in [6, 6.07) is 7.39.